The average Bonchev–Trinajstić information content (AvgIpc) is 2.50. The van der Waals surface area contributed by atoms with E-state index in [-0.39, 0.29) is 17.9 Å². The van der Waals surface area contributed by atoms with Crippen LogP contribution in [-0.4, -0.2) is 44.3 Å². The van der Waals surface area contributed by atoms with Crippen LogP contribution >= 0.6 is 0 Å². The molecule has 0 N–H and O–H groups in total. The molecule has 2 atom stereocenters. The van der Waals surface area contributed by atoms with Gasteiger partial charge in [-0.15, -0.1) is 0 Å². The zero-order valence-electron chi connectivity index (χ0n) is 9.06. The van der Waals surface area contributed by atoms with Crippen LogP contribution in [0, 0.1) is 0 Å². The van der Waals surface area contributed by atoms with Gasteiger partial charge in [0.25, 0.3) is 0 Å². The van der Waals surface area contributed by atoms with Crippen molar-refractivity contribution in [2.24, 2.45) is 0 Å². The Kier molecular flexibility index (Phi) is 3.92. The van der Waals surface area contributed by atoms with Gasteiger partial charge in [-0.1, -0.05) is 6.92 Å². The van der Waals surface area contributed by atoms with Gasteiger partial charge < -0.3 is 4.74 Å². The monoisotopic (exact) mass is 221 g/mol. The molecule has 0 saturated carbocycles. The standard InChI is InChI=1S/C9H19NO3S/c1-4-7-14(11,12)10(3)9-5-6-13-8(9)2/h8-9H,4-7H2,1-3H3. The van der Waals surface area contributed by atoms with Crippen molar-refractivity contribution < 1.29 is 13.2 Å². The Morgan fingerprint density at radius 3 is 2.57 bits per heavy atom. The van der Waals surface area contributed by atoms with E-state index in [4.69, 9.17) is 4.74 Å². The summed E-state index contributed by atoms with van der Waals surface area (Å²) < 4.78 is 30.3. The van der Waals surface area contributed by atoms with Crippen LogP contribution in [0.2, 0.25) is 0 Å². The highest BCUT2D eigenvalue weighted by molar-refractivity contribution is 7.89. The third-order valence-electron chi connectivity index (χ3n) is 2.70. The van der Waals surface area contributed by atoms with E-state index in [1.807, 2.05) is 13.8 Å². The number of rotatable bonds is 4. The minimum atomic E-state index is -3.07. The van der Waals surface area contributed by atoms with Gasteiger partial charge >= 0.3 is 0 Å². The molecule has 0 spiro atoms. The van der Waals surface area contributed by atoms with Crippen molar-refractivity contribution in [3.8, 4) is 0 Å². The minimum absolute atomic E-state index is 0.0200. The molecular formula is C9H19NO3S. The van der Waals surface area contributed by atoms with Crippen LogP contribution in [0.3, 0.4) is 0 Å². The second-order valence-electron chi connectivity index (χ2n) is 3.76. The van der Waals surface area contributed by atoms with E-state index in [0.717, 1.165) is 6.42 Å². The summed E-state index contributed by atoms with van der Waals surface area (Å²) in [5, 5.41) is 0. The molecule has 1 aliphatic heterocycles. The smallest absolute Gasteiger partial charge is 0.214 e. The molecule has 14 heavy (non-hydrogen) atoms. The molecule has 4 nitrogen and oxygen atoms in total. The number of sulfonamides is 1. The van der Waals surface area contributed by atoms with Gasteiger partial charge in [0.05, 0.1) is 17.9 Å². The third-order valence-corrected chi connectivity index (χ3v) is 4.78. The zero-order valence-corrected chi connectivity index (χ0v) is 9.88. The van der Waals surface area contributed by atoms with Gasteiger partial charge in [0.15, 0.2) is 0 Å². The van der Waals surface area contributed by atoms with E-state index in [0.29, 0.717) is 13.0 Å². The Morgan fingerprint density at radius 1 is 1.50 bits per heavy atom. The third kappa shape index (κ3) is 2.46. The molecule has 1 heterocycles. The lowest BCUT2D eigenvalue weighted by molar-refractivity contribution is 0.102. The topological polar surface area (TPSA) is 46.6 Å². The summed E-state index contributed by atoms with van der Waals surface area (Å²) in [6.07, 6.45) is 1.49. The summed E-state index contributed by atoms with van der Waals surface area (Å²) in [6.45, 7) is 4.47. The molecule has 2 unspecified atom stereocenters. The molecule has 5 heteroatoms. The fourth-order valence-corrected chi connectivity index (χ4v) is 3.30. The van der Waals surface area contributed by atoms with E-state index in [2.05, 4.69) is 0 Å². The van der Waals surface area contributed by atoms with Crippen LogP contribution in [0.4, 0.5) is 0 Å². The molecule has 0 amide bonds. The van der Waals surface area contributed by atoms with Gasteiger partial charge in [-0.05, 0) is 19.8 Å². The first-order valence-electron chi connectivity index (χ1n) is 5.06. The first-order chi connectivity index (χ1) is 6.49. The highest BCUT2D eigenvalue weighted by Crippen LogP contribution is 2.20. The second kappa shape index (κ2) is 4.59. The first-order valence-corrected chi connectivity index (χ1v) is 6.67. The Hall–Kier alpha value is -0.130. The van der Waals surface area contributed by atoms with E-state index in [1.54, 1.807) is 7.05 Å². The number of ether oxygens (including phenoxy) is 1. The Bertz CT molecular complexity index is 276. The van der Waals surface area contributed by atoms with Crippen molar-refractivity contribution in [2.45, 2.75) is 38.8 Å². The van der Waals surface area contributed by atoms with E-state index >= 15 is 0 Å². The van der Waals surface area contributed by atoms with Crippen LogP contribution in [0.15, 0.2) is 0 Å². The summed E-state index contributed by atoms with van der Waals surface area (Å²) in [6, 6.07) is 0.0200. The van der Waals surface area contributed by atoms with Gasteiger partial charge in [0.1, 0.15) is 0 Å². The lowest BCUT2D eigenvalue weighted by Gasteiger charge is -2.25. The largest absolute Gasteiger partial charge is 0.377 e. The number of nitrogens with zero attached hydrogens (tertiary/aromatic N) is 1. The first kappa shape index (κ1) is 11.9. The molecule has 1 fully saturated rings. The molecule has 0 radical (unpaired) electrons. The predicted molar refractivity (Wildman–Crippen MR) is 55.7 cm³/mol. The van der Waals surface area contributed by atoms with E-state index in [1.165, 1.54) is 4.31 Å². The zero-order chi connectivity index (χ0) is 10.8. The Labute approximate surface area is 86.3 Å². The van der Waals surface area contributed by atoms with Crippen LogP contribution in [0.25, 0.3) is 0 Å². The molecule has 1 aliphatic rings. The van der Waals surface area contributed by atoms with Crippen molar-refractivity contribution in [3.05, 3.63) is 0 Å². The maximum absolute atomic E-state index is 11.7. The molecular weight excluding hydrogens is 202 g/mol. The summed E-state index contributed by atoms with van der Waals surface area (Å²) in [7, 11) is -1.42. The quantitative estimate of drug-likeness (QED) is 0.706. The summed E-state index contributed by atoms with van der Waals surface area (Å²) >= 11 is 0. The minimum Gasteiger partial charge on any atom is -0.377 e. The van der Waals surface area contributed by atoms with E-state index in [9.17, 15) is 8.42 Å². The van der Waals surface area contributed by atoms with Gasteiger partial charge in [0, 0.05) is 13.7 Å². The van der Waals surface area contributed by atoms with Crippen LogP contribution < -0.4 is 0 Å². The lowest BCUT2D eigenvalue weighted by atomic mass is 10.2. The van der Waals surface area contributed by atoms with Gasteiger partial charge in [0.2, 0.25) is 10.0 Å². The molecule has 1 saturated heterocycles. The lowest BCUT2D eigenvalue weighted by Crippen LogP contribution is -2.41. The summed E-state index contributed by atoms with van der Waals surface area (Å²) in [5.41, 5.74) is 0. The highest BCUT2D eigenvalue weighted by Gasteiger charge is 2.33. The van der Waals surface area contributed by atoms with E-state index < -0.39 is 10.0 Å². The Balaban J connectivity index is 2.68. The molecule has 84 valence electrons. The van der Waals surface area contributed by atoms with Crippen molar-refractivity contribution in [1.82, 2.24) is 4.31 Å². The molecule has 0 aromatic heterocycles. The molecule has 1 rings (SSSR count). The number of likely N-dealkylation sites (N-methyl/N-ethyl adjacent to an activating group) is 1. The van der Waals surface area contributed by atoms with Crippen LogP contribution in [0.1, 0.15) is 26.7 Å². The SMILES string of the molecule is CCCS(=O)(=O)N(C)C1CCOC1C. The maximum atomic E-state index is 11.7. The Morgan fingerprint density at radius 2 is 2.14 bits per heavy atom. The normalized spacial score (nSPS) is 28.6. The second-order valence-corrected chi connectivity index (χ2v) is 5.91. The van der Waals surface area contributed by atoms with Crippen LogP contribution in [0.5, 0.6) is 0 Å². The highest BCUT2D eigenvalue weighted by atomic mass is 32.2. The summed E-state index contributed by atoms with van der Waals surface area (Å²) in [4.78, 5) is 0. The maximum Gasteiger partial charge on any atom is 0.214 e. The molecule has 0 aliphatic carbocycles. The van der Waals surface area contributed by atoms with Crippen molar-refractivity contribution in [1.29, 1.82) is 0 Å². The molecule has 0 bridgehead atoms. The molecule has 0 aromatic rings. The van der Waals surface area contributed by atoms with Gasteiger partial charge in [-0.25, -0.2) is 8.42 Å². The van der Waals surface area contributed by atoms with Gasteiger partial charge in [-0.3, -0.25) is 0 Å². The van der Waals surface area contributed by atoms with Crippen LogP contribution in [-0.2, 0) is 14.8 Å². The van der Waals surface area contributed by atoms with Crippen molar-refractivity contribution in [3.63, 3.8) is 0 Å². The van der Waals surface area contributed by atoms with Crippen molar-refractivity contribution >= 4 is 10.0 Å². The average molecular weight is 221 g/mol. The van der Waals surface area contributed by atoms with Crippen molar-refractivity contribution in [2.75, 3.05) is 19.4 Å². The number of hydrogen-bond acceptors (Lipinski definition) is 3. The fourth-order valence-electron chi connectivity index (χ4n) is 1.81. The molecule has 0 aromatic carbocycles. The van der Waals surface area contributed by atoms with Gasteiger partial charge in [-0.2, -0.15) is 4.31 Å². The predicted octanol–water partition coefficient (Wildman–Crippen LogP) is 0.835. The fraction of sp³-hybridized carbons (Fsp3) is 1.00. The summed E-state index contributed by atoms with van der Waals surface area (Å²) in [5.74, 6) is 0.229. The number of hydrogen-bond donors (Lipinski definition) is 0.